The van der Waals surface area contributed by atoms with E-state index in [4.69, 9.17) is 16.6 Å². The number of hydrogen-bond donors (Lipinski definition) is 0. The van der Waals surface area contributed by atoms with Gasteiger partial charge in [-0.3, -0.25) is 9.79 Å². The summed E-state index contributed by atoms with van der Waals surface area (Å²) in [5, 5.41) is 0.708. The van der Waals surface area contributed by atoms with Crippen molar-refractivity contribution in [3.8, 4) is 0 Å². The number of fused-ring (bicyclic) bond motifs is 2. The third kappa shape index (κ3) is 3.40. The maximum atomic E-state index is 12.9. The van der Waals surface area contributed by atoms with E-state index >= 15 is 0 Å². The number of rotatable bonds is 1. The van der Waals surface area contributed by atoms with Gasteiger partial charge in [0.2, 0.25) is 0 Å². The van der Waals surface area contributed by atoms with Crippen LogP contribution in [0.25, 0.3) is 0 Å². The van der Waals surface area contributed by atoms with Crippen LogP contribution in [0.3, 0.4) is 0 Å². The van der Waals surface area contributed by atoms with Crippen molar-refractivity contribution < 1.29 is 4.79 Å². The van der Waals surface area contributed by atoms with E-state index in [0.717, 1.165) is 58.2 Å². The normalized spacial score (nSPS) is 17.2. The summed E-state index contributed by atoms with van der Waals surface area (Å²) >= 11 is 7.83. The fraction of sp³-hybridized carbons (Fsp3) is 0.333. The van der Waals surface area contributed by atoms with Crippen molar-refractivity contribution in [3.63, 3.8) is 0 Å². The topological polar surface area (TPSA) is 32.7 Å². The highest BCUT2D eigenvalue weighted by molar-refractivity contribution is 7.99. The number of halogens is 1. The average molecular weight is 385 g/mol. The highest BCUT2D eigenvalue weighted by atomic mass is 35.5. The lowest BCUT2D eigenvalue weighted by Crippen LogP contribution is -2.37. The summed E-state index contributed by atoms with van der Waals surface area (Å²) in [7, 11) is 0. The zero-order valence-electron chi connectivity index (χ0n) is 15.0. The molecule has 0 atom stereocenters. The number of hydrogen-bond acceptors (Lipinski definition) is 3. The first-order chi connectivity index (χ1) is 12.5. The predicted octanol–water partition coefficient (Wildman–Crippen LogP) is 5.82. The average Bonchev–Trinajstić information content (AvgIpc) is 2.77. The Morgan fingerprint density at radius 1 is 1.15 bits per heavy atom. The van der Waals surface area contributed by atoms with E-state index in [1.165, 1.54) is 0 Å². The van der Waals surface area contributed by atoms with E-state index in [9.17, 15) is 4.79 Å². The van der Waals surface area contributed by atoms with Crippen molar-refractivity contribution in [1.82, 2.24) is 4.90 Å². The summed E-state index contributed by atoms with van der Waals surface area (Å²) in [6.45, 7) is 5.93. The number of likely N-dealkylation sites (tertiary alicyclic amines) is 1. The molecule has 0 spiro atoms. The molecule has 0 aromatic heterocycles. The zero-order valence-corrected chi connectivity index (χ0v) is 16.5. The molecule has 2 aliphatic rings. The van der Waals surface area contributed by atoms with Gasteiger partial charge in [-0.1, -0.05) is 30.3 Å². The Hall–Kier alpha value is -1.78. The third-order valence-electron chi connectivity index (χ3n) is 5.12. The molecule has 3 nitrogen and oxygen atoms in total. The minimum Gasteiger partial charge on any atom is -0.339 e. The van der Waals surface area contributed by atoms with E-state index in [0.29, 0.717) is 10.9 Å². The Bertz CT molecular complexity index is 901. The van der Waals surface area contributed by atoms with Crippen LogP contribution in [0.2, 0.25) is 5.02 Å². The van der Waals surface area contributed by atoms with Gasteiger partial charge in [0.1, 0.15) is 0 Å². The molecular formula is C21H21ClN2OS. The smallest absolute Gasteiger partial charge is 0.253 e. The van der Waals surface area contributed by atoms with Crippen molar-refractivity contribution in [3.05, 3.63) is 52.5 Å². The Balaban J connectivity index is 1.66. The first-order valence-corrected chi connectivity index (χ1v) is 10.2. The quantitative estimate of drug-likeness (QED) is 0.620. The first-order valence-electron chi connectivity index (χ1n) is 8.97. The van der Waals surface area contributed by atoms with E-state index in [1.807, 2.05) is 48.2 Å². The Labute approximate surface area is 163 Å². The molecule has 1 amide bonds. The van der Waals surface area contributed by atoms with Gasteiger partial charge in [0, 0.05) is 44.7 Å². The molecule has 0 aliphatic carbocycles. The maximum absolute atomic E-state index is 12.9. The van der Waals surface area contributed by atoms with Gasteiger partial charge >= 0.3 is 0 Å². The molecule has 2 aromatic carbocycles. The van der Waals surface area contributed by atoms with Gasteiger partial charge in [-0.15, -0.1) is 0 Å². The lowest BCUT2D eigenvalue weighted by Gasteiger charge is -2.30. The number of carbonyl (C=O) groups excluding carboxylic acids is 1. The third-order valence-corrected chi connectivity index (χ3v) is 6.49. The summed E-state index contributed by atoms with van der Waals surface area (Å²) < 4.78 is 0. The SMILES string of the molecule is CC1=Nc2cc(C(=O)N3CCC(C)CC3)ccc2Sc2ccc(Cl)cc21. The molecule has 0 unspecified atom stereocenters. The fourth-order valence-electron chi connectivity index (χ4n) is 3.45. The lowest BCUT2D eigenvalue weighted by molar-refractivity contribution is 0.0697. The number of piperidine rings is 1. The van der Waals surface area contributed by atoms with Crippen LogP contribution in [0.1, 0.15) is 42.6 Å². The van der Waals surface area contributed by atoms with Gasteiger partial charge in [-0.05, 0) is 62.1 Å². The van der Waals surface area contributed by atoms with E-state index in [-0.39, 0.29) is 5.91 Å². The van der Waals surface area contributed by atoms with Crippen LogP contribution in [0.4, 0.5) is 5.69 Å². The van der Waals surface area contributed by atoms with Gasteiger partial charge in [0.25, 0.3) is 5.91 Å². The molecule has 26 heavy (non-hydrogen) atoms. The second kappa shape index (κ2) is 7.09. The minimum absolute atomic E-state index is 0.113. The molecular weight excluding hydrogens is 364 g/mol. The molecule has 0 bridgehead atoms. The molecule has 2 heterocycles. The summed E-state index contributed by atoms with van der Waals surface area (Å²) in [5.74, 6) is 0.822. The van der Waals surface area contributed by atoms with E-state index in [2.05, 4.69) is 6.92 Å². The molecule has 0 saturated carbocycles. The van der Waals surface area contributed by atoms with Gasteiger partial charge in [0.05, 0.1) is 5.69 Å². The van der Waals surface area contributed by atoms with Crippen molar-refractivity contribution in [2.75, 3.05) is 13.1 Å². The zero-order chi connectivity index (χ0) is 18.3. The molecule has 5 heteroatoms. The van der Waals surface area contributed by atoms with Gasteiger partial charge in [-0.25, -0.2) is 0 Å². The van der Waals surface area contributed by atoms with Crippen molar-refractivity contribution >= 4 is 40.7 Å². The molecule has 0 N–H and O–H groups in total. The number of nitrogens with zero attached hydrogens (tertiary/aromatic N) is 2. The number of carbonyl (C=O) groups is 1. The number of aliphatic imine (C=N–C) groups is 1. The second-order valence-electron chi connectivity index (χ2n) is 7.10. The first kappa shape index (κ1) is 17.6. The molecule has 0 radical (unpaired) electrons. The van der Waals surface area contributed by atoms with Crippen LogP contribution < -0.4 is 0 Å². The predicted molar refractivity (Wildman–Crippen MR) is 108 cm³/mol. The Morgan fingerprint density at radius 2 is 1.88 bits per heavy atom. The van der Waals surface area contributed by atoms with E-state index < -0.39 is 0 Å². The van der Waals surface area contributed by atoms with E-state index in [1.54, 1.807) is 11.8 Å². The van der Waals surface area contributed by atoms with Crippen LogP contribution in [0.15, 0.2) is 51.2 Å². The standard InChI is InChI=1S/C21H21ClN2OS/c1-13-7-9-24(10-8-13)21(25)15-3-5-20-18(11-15)23-14(2)17-12-16(22)4-6-19(17)26-20/h3-6,11-13H,7-10H2,1-2H3. The van der Waals surface area contributed by atoms with Crippen LogP contribution >= 0.6 is 23.4 Å². The van der Waals surface area contributed by atoms with Crippen molar-refractivity contribution in [2.45, 2.75) is 36.5 Å². The molecule has 1 fully saturated rings. The fourth-order valence-corrected chi connectivity index (χ4v) is 4.66. The van der Waals surface area contributed by atoms with Crippen LogP contribution in [0.5, 0.6) is 0 Å². The van der Waals surface area contributed by atoms with Crippen LogP contribution in [0, 0.1) is 5.92 Å². The van der Waals surface area contributed by atoms with Crippen molar-refractivity contribution in [2.24, 2.45) is 10.9 Å². The van der Waals surface area contributed by atoms with Gasteiger partial charge in [0.15, 0.2) is 0 Å². The van der Waals surface area contributed by atoms with Crippen molar-refractivity contribution in [1.29, 1.82) is 0 Å². The summed E-state index contributed by atoms with van der Waals surface area (Å²) in [4.78, 5) is 21.8. The lowest BCUT2D eigenvalue weighted by atomic mass is 9.98. The Morgan fingerprint density at radius 3 is 2.65 bits per heavy atom. The monoisotopic (exact) mass is 384 g/mol. The second-order valence-corrected chi connectivity index (χ2v) is 8.62. The largest absolute Gasteiger partial charge is 0.339 e. The summed E-state index contributed by atoms with van der Waals surface area (Å²) in [5.41, 5.74) is 3.55. The summed E-state index contributed by atoms with van der Waals surface area (Å²) in [6.07, 6.45) is 2.17. The number of benzene rings is 2. The minimum atomic E-state index is 0.113. The van der Waals surface area contributed by atoms with Crippen LogP contribution in [-0.4, -0.2) is 29.6 Å². The molecule has 2 aliphatic heterocycles. The molecule has 134 valence electrons. The maximum Gasteiger partial charge on any atom is 0.253 e. The molecule has 2 aromatic rings. The molecule has 4 rings (SSSR count). The highest BCUT2D eigenvalue weighted by Gasteiger charge is 2.23. The van der Waals surface area contributed by atoms with Crippen LogP contribution in [-0.2, 0) is 0 Å². The summed E-state index contributed by atoms with van der Waals surface area (Å²) in [6, 6.07) is 11.8. The molecule has 1 saturated heterocycles. The van der Waals surface area contributed by atoms with Gasteiger partial charge in [-0.2, -0.15) is 0 Å². The van der Waals surface area contributed by atoms with Gasteiger partial charge < -0.3 is 4.90 Å². The Kier molecular flexibility index (Phi) is 4.80. The number of amides is 1. The highest BCUT2D eigenvalue weighted by Crippen LogP contribution is 2.41.